The highest BCUT2D eigenvalue weighted by molar-refractivity contribution is 5.86. The van der Waals surface area contributed by atoms with E-state index in [-0.39, 0.29) is 12.2 Å². The second-order valence-corrected chi connectivity index (χ2v) is 5.59. The summed E-state index contributed by atoms with van der Waals surface area (Å²) in [5.74, 6) is -0.599. The highest BCUT2D eigenvalue weighted by Crippen LogP contribution is 2.28. The van der Waals surface area contributed by atoms with Crippen molar-refractivity contribution < 1.29 is 19.1 Å². The van der Waals surface area contributed by atoms with Crippen LogP contribution in [0.1, 0.15) is 27.0 Å². The van der Waals surface area contributed by atoms with E-state index >= 15 is 0 Å². The van der Waals surface area contributed by atoms with E-state index in [1.165, 1.54) is 18.2 Å². The lowest BCUT2D eigenvalue weighted by Crippen LogP contribution is -2.22. The zero-order valence-electron chi connectivity index (χ0n) is 13.3. The first kappa shape index (κ1) is 15.8. The van der Waals surface area contributed by atoms with E-state index < -0.39 is 11.6 Å². The molecule has 122 valence electrons. The summed E-state index contributed by atoms with van der Waals surface area (Å²) in [6, 6.07) is 11.4. The molecule has 2 aromatic carbocycles. The van der Waals surface area contributed by atoms with Crippen LogP contribution in [0.4, 0.5) is 0 Å². The van der Waals surface area contributed by atoms with Gasteiger partial charge in [-0.1, -0.05) is 24.3 Å². The summed E-state index contributed by atoms with van der Waals surface area (Å²) >= 11 is 0. The Morgan fingerprint density at radius 3 is 2.50 bits per heavy atom. The van der Waals surface area contributed by atoms with Gasteiger partial charge in [-0.2, -0.15) is 0 Å². The smallest absolute Gasteiger partial charge is 0.336 e. The van der Waals surface area contributed by atoms with Crippen molar-refractivity contribution in [3.8, 4) is 5.75 Å². The number of carboxylic acids is 1. The number of rotatable bonds is 4. The lowest BCUT2D eigenvalue weighted by atomic mass is 10.1. The molecule has 0 saturated heterocycles. The van der Waals surface area contributed by atoms with Gasteiger partial charge in [-0.3, -0.25) is 0 Å². The van der Waals surface area contributed by atoms with E-state index in [9.17, 15) is 14.7 Å². The molecule has 3 rings (SSSR count). The van der Waals surface area contributed by atoms with Crippen LogP contribution in [-0.2, 0) is 6.61 Å². The molecule has 0 saturated carbocycles. The molecule has 0 bridgehead atoms. The second kappa shape index (κ2) is 6.20. The zero-order chi connectivity index (χ0) is 17.3. The quantitative estimate of drug-likeness (QED) is 0.689. The van der Waals surface area contributed by atoms with Gasteiger partial charge in [0.25, 0.3) is 0 Å². The average Bonchev–Trinajstić information content (AvgIpc) is 2.55. The van der Waals surface area contributed by atoms with Crippen molar-refractivity contribution in [1.82, 2.24) is 0 Å². The second-order valence-electron chi connectivity index (χ2n) is 5.59. The molecule has 0 spiro atoms. The molecule has 1 aromatic heterocycles. The molecule has 3 aromatic rings. The minimum Gasteiger partial charge on any atom is -0.545 e. The topological polar surface area (TPSA) is 79.6 Å². The summed E-state index contributed by atoms with van der Waals surface area (Å²) in [4.78, 5) is 22.3. The van der Waals surface area contributed by atoms with Gasteiger partial charge in [-0.05, 0) is 42.7 Å². The number of fused-ring (bicyclic) bond motifs is 1. The lowest BCUT2D eigenvalue weighted by molar-refractivity contribution is -0.255. The van der Waals surface area contributed by atoms with Crippen molar-refractivity contribution in [2.75, 3.05) is 0 Å². The fourth-order valence-corrected chi connectivity index (χ4v) is 2.55. The molecule has 0 aliphatic rings. The third-order valence-corrected chi connectivity index (χ3v) is 3.90. The molecular formula is C19H15O5-. The molecule has 5 nitrogen and oxygen atoms in total. The van der Waals surface area contributed by atoms with Crippen LogP contribution >= 0.6 is 0 Å². The summed E-state index contributed by atoms with van der Waals surface area (Å²) in [5, 5.41) is 11.6. The molecule has 5 heteroatoms. The number of hydrogen-bond donors (Lipinski definition) is 0. The Kier molecular flexibility index (Phi) is 4.08. The van der Waals surface area contributed by atoms with Gasteiger partial charge >= 0.3 is 5.63 Å². The van der Waals surface area contributed by atoms with Crippen LogP contribution in [0.15, 0.2) is 51.7 Å². The monoisotopic (exact) mass is 323 g/mol. The standard InChI is InChI=1S/C19H16O5/c1-11-9-17(20)24-18-12(2)16(8-7-15(11)18)23-10-13-3-5-14(6-4-13)19(21)22/h3-9H,10H2,1-2H3,(H,21,22)/p-1. The molecule has 0 amide bonds. The van der Waals surface area contributed by atoms with Gasteiger partial charge in [0.2, 0.25) is 0 Å². The van der Waals surface area contributed by atoms with Gasteiger partial charge in [0.05, 0.1) is 5.97 Å². The van der Waals surface area contributed by atoms with Crippen LogP contribution in [-0.4, -0.2) is 5.97 Å². The number of ether oxygens (including phenoxy) is 1. The molecule has 0 unspecified atom stereocenters. The SMILES string of the molecule is Cc1cc(=O)oc2c(C)c(OCc3ccc(C(=O)[O-])cc3)ccc12. The van der Waals surface area contributed by atoms with Crippen LogP contribution in [0, 0.1) is 13.8 Å². The number of carboxylic acid groups (broad SMARTS) is 1. The van der Waals surface area contributed by atoms with E-state index in [1.54, 1.807) is 12.1 Å². The Morgan fingerprint density at radius 1 is 1.12 bits per heavy atom. The highest BCUT2D eigenvalue weighted by atomic mass is 16.5. The number of benzene rings is 2. The van der Waals surface area contributed by atoms with E-state index in [2.05, 4.69) is 0 Å². The fraction of sp³-hybridized carbons (Fsp3) is 0.158. The molecule has 0 atom stereocenters. The van der Waals surface area contributed by atoms with E-state index in [1.807, 2.05) is 26.0 Å². The van der Waals surface area contributed by atoms with Crippen molar-refractivity contribution >= 4 is 16.9 Å². The van der Waals surface area contributed by atoms with Crippen molar-refractivity contribution in [3.63, 3.8) is 0 Å². The van der Waals surface area contributed by atoms with E-state index in [0.717, 1.165) is 22.1 Å². The summed E-state index contributed by atoms with van der Waals surface area (Å²) in [5.41, 5.74) is 2.68. The van der Waals surface area contributed by atoms with Crippen LogP contribution in [0.5, 0.6) is 5.75 Å². The first-order valence-corrected chi connectivity index (χ1v) is 7.43. The largest absolute Gasteiger partial charge is 0.545 e. The summed E-state index contributed by atoms with van der Waals surface area (Å²) in [6.07, 6.45) is 0. The Bertz CT molecular complexity index is 967. The van der Waals surface area contributed by atoms with Crippen LogP contribution in [0.25, 0.3) is 11.0 Å². The predicted molar refractivity (Wildman–Crippen MR) is 87.1 cm³/mol. The number of carbonyl (C=O) groups is 1. The Morgan fingerprint density at radius 2 is 1.83 bits per heavy atom. The molecule has 0 aliphatic carbocycles. The Hall–Kier alpha value is -3.08. The van der Waals surface area contributed by atoms with E-state index in [4.69, 9.17) is 9.15 Å². The molecular weight excluding hydrogens is 308 g/mol. The van der Waals surface area contributed by atoms with Crippen LogP contribution in [0.2, 0.25) is 0 Å². The molecule has 24 heavy (non-hydrogen) atoms. The minimum absolute atomic E-state index is 0.123. The molecule has 1 heterocycles. The first-order chi connectivity index (χ1) is 11.5. The minimum atomic E-state index is -1.21. The van der Waals surface area contributed by atoms with Gasteiger partial charge in [-0.15, -0.1) is 0 Å². The number of carbonyl (C=O) groups excluding carboxylic acids is 1. The number of aromatic carboxylic acids is 1. The summed E-state index contributed by atoms with van der Waals surface area (Å²) in [7, 11) is 0. The fourth-order valence-electron chi connectivity index (χ4n) is 2.55. The highest BCUT2D eigenvalue weighted by Gasteiger charge is 2.10. The maximum atomic E-state index is 11.6. The van der Waals surface area contributed by atoms with Gasteiger partial charge < -0.3 is 19.1 Å². The normalized spacial score (nSPS) is 10.8. The molecule has 0 N–H and O–H groups in total. The van der Waals surface area contributed by atoms with Crippen molar-refractivity contribution in [3.05, 3.63) is 75.1 Å². The van der Waals surface area contributed by atoms with E-state index in [0.29, 0.717) is 11.3 Å². The van der Waals surface area contributed by atoms with Crippen molar-refractivity contribution in [2.24, 2.45) is 0 Å². The van der Waals surface area contributed by atoms with Crippen LogP contribution < -0.4 is 15.5 Å². The molecule has 0 aliphatic heterocycles. The maximum absolute atomic E-state index is 11.6. The maximum Gasteiger partial charge on any atom is 0.336 e. The number of aryl methyl sites for hydroxylation is 2. The molecule has 0 fully saturated rings. The van der Waals surface area contributed by atoms with Gasteiger partial charge in [0, 0.05) is 17.0 Å². The van der Waals surface area contributed by atoms with Gasteiger partial charge in [0.1, 0.15) is 17.9 Å². The summed E-state index contributed by atoms with van der Waals surface area (Å²) in [6.45, 7) is 3.97. The first-order valence-electron chi connectivity index (χ1n) is 7.43. The third-order valence-electron chi connectivity index (χ3n) is 3.90. The van der Waals surface area contributed by atoms with Crippen molar-refractivity contribution in [1.29, 1.82) is 0 Å². The summed E-state index contributed by atoms with van der Waals surface area (Å²) < 4.78 is 11.1. The average molecular weight is 323 g/mol. The van der Waals surface area contributed by atoms with Crippen LogP contribution in [0.3, 0.4) is 0 Å². The van der Waals surface area contributed by atoms with Crippen molar-refractivity contribution in [2.45, 2.75) is 20.5 Å². The van der Waals surface area contributed by atoms with Gasteiger partial charge in [-0.25, -0.2) is 4.79 Å². The lowest BCUT2D eigenvalue weighted by Gasteiger charge is -2.12. The number of hydrogen-bond acceptors (Lipinski definition) is 5. The molecule has 0 radical (unpaired) electrons. The zero-order valence-corrected chi connectivity index (χ0v) is 13.3. The predicted octanol–water partition coefficient (Wildman–Crippen LogP) is 2.35. The third kappa shape index (κ3) is 3.01. The van der Waals surface area contributed by atoms with Gasteiger partial charge in [0.15, 0.2) is 0 Å². The Balaban J connectivity index is 1.86. The Labute approximate surface area is 138 Å².